The summed E-state index contributed by atoms with van der Waals surface area (Å²) in [6.07, 6.45) is 0. The zero-order valence-corrected chi connectivity index (χ0v) is 17.4. The maximum absolute atomic E-state index is 14.5. The summed E-state index contributed by atoms with van der Waals surface area (Å²) in [4.78, 5) is 17.5. The topological polar surface area (TPSA) is 46.9 Å². The van der Waals surface area contributed by atoms with Crippen LogP contribution in [0, 0.1) is 12.7 Å². The summed E-state index contributed by atoms with van der Waals surface area (Å²) >= 11 is 6.27. The van der Waals surface area contributed by atoms with Crippen molar-refractivity contribution in [3.8, 4) is 0 Å². The van der Waals surface area contributed by atoms with Crippen LogP contribution < -0.4 is 5.32 Å². The molecule has 1 atom stereocenters. The smallest absolute Gasteiger partial charge is 0.251 e. The van der Waals surface area contributed by atoms with E-state index in [1.165, 1.54) is 6.07 Å². The molecule has 3 aromatic carbocycles. The lowest BCUT2D eigenvalue weighted by Gasteiger charge is -2.17. The average Bonchev–Trinajstić information content (AvgIpc) is 3.09. The van der Waals surface area contributed by atoms with Crippen molar-refractivity contribution in [3.63, 3.8) is 0 Å². The molecule has 0 fully saturated rings. The van der Waals surface area contributed by atoms with Crippen molar-refractivity contribution in [3.05, 3.63) is 100 Å². The molecular formula is C24H21ClFN3O. The van der Waals surface area contributed by atoms with Crippen LogP contribution in [0.1, 0.15) is 40.3 Å². The van der Waals surface area contributed by atoms with Gasteiger partial charge in [-0.2, -0.15) is 0 Å². The van der Waals surface area contributed by atoms with Crippen molar-refractivity contribution < 1.29 is 9.18 Å². The lowest BCUT2D eigenvalue weighted by Crippen LogP contribution is -2.29. The van der Waals surface area contributed by atoms with Gasteiger partial charge in [-0.05, 0) is 50.2 Å². The normalized spacial score (nSPS) is 12.1. The van der Waals surface area contributed by atoms with Gasteiger partial charge in [0.2, 0.25) is 0 Å². The summed E-state index contributed by atoms with van der Waals surface area (Å²) in [7, 11) is 0. The van der Waals surface area contributed by atoms with E-state index >= 15 is 0 Å². The minimum Gasteiger partial charge on any atom is -0.342 e. The van der Waals surface area contributed by atoms with Crippen molar-refractivity contribution in [1.29, 1.82) is 0 Å². The lowest BCUT2D eigenvalue weighted by atomic mass is 10.1. The molecule has 1 aromatic heterocycles. The first kappa shape index (κ1) is 20.1. The Morgan fingerprint density at radius 2 is 1.90 bits per heavy atom. The summed E-state index contributed by atoms with van der Waals surface area (Å²) in [6, 6.07) is 19.3. The molecule has 1 amide bonds. The number of aromatic nitrogens is 2. The highest BCUT2D eigenvalue weighted by Gasteiger charge is 2.21. The van der Waals surface area contributed by atoms with Crippen LogP contribution in [0.4, 0.5) is 4.39 Å². The second-order valence-electron chi connectivity index (χ2n) is 7.31. The first-order valence-electron chi connectivity index (χ1n) is 9.69. The van der Waals surface area contributed by atoms with E-state index in [1.54, 1.807) is 18.2 Å². The van der Waals surface area contributed by atoms with Crippen LogP contribution >= 0.6 is 11.6 Å². The van der Waals surface area contributed by atoms with Crippen molar-refractivity contribution in [2.45, 2.75) is 26.4 Å². The Labute approximate surface area is 179 Å². The molecule has 1 N–H and O–H groups in total. The summed E-state index contributed by atoms with van der Waals surface area (Å²) in [5.74, 6) is 0.0768. The number of nitrogens with zero attached hydrogens (tertiary/aromatic N) is 2. The van der Waals surface area contributed by atoms with Crippen LogP contribution in [0.15, 0.2) is 66.7 Å². The molecule has 1 unspecified atom stereocenters. The number of fused-ring (bicyclic) bond motifs is 1. The highest BCUT2D eigenvalue weighted by atomic mass is 35.5. The Morgan fingerprint density at radius 3 is 2.67 bits per heavy atom. The van der Waals surface area contributed by atoms with Crippen molar-refractivity contribution in [1.82, 2.24) is 14.9 Å². The number of imidazole rings is 1. The first-order chi connectivity index (χ1) is 14.4. The molecule has 1 heterocycles. The number of nitrogens with one attached hydrogen (secondary N) is 1. The molecule has 4 nitrogen and oxygen atoms in total. The van der Waals surface area contributed by atoms with E-state index < -0.39 is 6.04 Å². The molecular weight excluding hydrogens is 401 g/mol. The number of halogens is 2. The molecule has 0 radical (unpaired) electrons. The van der Waals surface area contributed by atoms with Gasteiger partial charge in [0.05, 0.1) is 23.6 Å². The highest BCUT2D eigenvalue weighted by molar-refractivity contribution is 6.31. The van der Waals surface area contributed by atoms with Gasteiger partial charge in [0.1, 0.15) is 11.6 Å². The van der Waals surface area contributed by atoms with Crippen molar-refractivity contribution in [2.24, 2.45) is 0 Å². The predicted molar refractivity (Wildman–Crippen MR) is 117 cm³/mol. The number of hydrogen-bond acceptors (Lipinski definition) is 2. The molecule has 0 aliphatic carbocycles. The van der Waals surface area contributed by atoms with Crippen LogP contribution in [-0.4, -0.2) is 15.5 Å². The van der Waals surface area contributed by atoms with Crippen LogP contribution in [0.25, 0.3) is 11.0 Å². The van der Waals surface area contributed by atoms with Gasteiger partial charge < -0.3 is 9.88 Å². The zero-order chi connectivity index (χ0) is 21.3. The molecule has 0 spiro atoms. The minimum absolute atomic E-state index is 0.186. The number of hydrogen-bond donors (Lipinski definition) is 1. The minimum atomic E-state index is -0.393. The number of carbonyl (C=O) groups is 1. The SMILES string of the molecule is Cc1cccc(C(=O)NC(C)c2nc3ccccc3n2Cc2c(F)cccc2Cl)c1. The Morgan fingerprint density at radius 1 is 1.13 bits per heavy atom. The van der Waals surface area contributed by atoms with E-state index in [4.69, 9.17) is 16.6 Å². The molecule has 0 saturated heterocycles. The molecule has 4 rings (SSSR count). The van der Waals surface area contributed by atoms with Gasteiger partial charge in [0.25, 0.3) is 5.91 Å². The largest absolute Gasteiger partial charge is 0.342 e. The third-order valence-corrected chi connectivity index (χ3v) is 5.43. The third kappa shape index (κ3) is 3.94. The fraction of sp³-hybridized carbons (Fsp3) is 0.167. The number of amides is 1. The van der Waals surface area contributed by atoms with Crippen molar-refractivity contribution in [2.75, 3.05) is 0 Å². The number of para-hydroxylation sites is 2. The summed E-state index contributed by atoms with van der Waals surface area (Å²) in [5.41, 5.74) is 3.61. The van der Waals surface area contributed by atoms with Gasteiger partial charge in [-0.25, -0.2) is 9.37 Å². The summed E-state index contributed by atoms with van der Waals surface area (Å²) < 4.78 is 16.4. The van der Waals surface area contributed by atoms with E-state index in [0.717, 1.165) is 16.6 Å². The van der Waals surface area contributed by atoms with E-state index in [1.807, 2.05) is 60.9 Å². The van der Waals surface area contributed by atoms with Crippen LogP contribution in [-0.2, 0) is 6.54 Å². The monoisotopic (exact) mass is 421 g/mol. The lowest BCUT2D eigenvalue weighted by molar-refractivity contribution is 0.0937. The Bertz CT molecular complexity index is 1210. The van der Waals surface area contributed by atoms with E-state index in [-0.39, 0.29) is 18.3 Å². The molecule has 30 heavy (non-hydrogen) atoms. The van der Waals surface area contributed by atoms with Gasteiger partial charge in [-0.1, -0.05) is 47.5 Å². The van der Waals surface area contributed by atoms with E-state index in [9.17, 15) is 9.18 Å². The average molecular weight is 422 g/mol. The molecule has 0 bridgehead atoms. The van der Waals surface area contributed by atoms with Gasteiger partial charge in [0.15, 0.2) is 0 Å². The maximum atomic E-state index is 14.5. The standard InChI is InChI=1S/C24H21ClFN3O/c1-15-7-5-8-17(13-15)24(30)27-16(2)23-28-21-11-3-4-12-22(21)29(23)14-18-19(25)9-6-10-20(18)26/h3-13,16H,14H2,1-2H3,(H,27,30). The van der Waals surface area contributed by atoms with Crippen LogP contribution in [0.5, 0.6) is 0 Å². The Balaban J connectivity index is 1.71. The van der Waals surface area contributed by atoms with E-state index in [2.05, 4.69) is 5.32 Å². The molecule has 0 aliphatic rings. The fourth-order valence-corrected chi connectivity index (χ4v) is 3.79. The van der Waals surface area contributed by atoms with Crippen molar-refractivity contribution >= 4 is 28.5 Å². The molecule has 152 valence electrons. The zero-order valence-electron chi connectivity index (χ0n) is 16.7. The number of aryl methyl sites for hydroxylation is 1. The summed E-state index contributed by atoms with van der Waals surface area (Å²) in [5, 5.41) is 3.36. The molecule has 0 aliphatic heterocycles. The van der Waals surface area contributed by atoms with Crippen LogP contribution in [0.3, 0.4) is 0 Å². The third-order valence-electron chi connectivity index (χ3n) is 5.08. The van der Waals surface area contributed by atoms with Gasteiger partial charge in [-0.3, -0.25) is 4.79 Å². The molecule has 4 aromatic rings. The first-order valence-corrected chi connectivity index (χ1v) is 10.1. The highest BCUT2D eigenvalue weighted by Crippen LogP contribution is 2.26. The van der Waals surface area contributed by atoms with Crippen LogP contribution in [0.2, 0.25) is 5.02 Å². The second-order valence-corrected chi connectivity index (χ2v) is 7.72. The number of carbonyl (C=O) groups excluding carboxylic acids is 1. The Hall–Kier alpha value is -3.18. The Kier molecular flexibility index (Phi) is 5.55. The second kappa shape index (κ2) is 8.28. The summed E-state index contributed by atoms with van der Waals surface area (Å²) in [6.45, 7) is 4.03. The van der Waals surface area contributed by atoms with Gasteiger partial charge in [-0.15, -0.1) is 0 Å². The maximum Gasteiger partial charge on any atom is 0.251 e. The fourth-order valence-electron chi connectivity index (χ4n) is 3.56. The van der Waals surface area contributed by atoms with Gasteiger partial charge in [0, 0.05) is 16.1 Å². The van der Waals surface area contributed by atoms with Gasteiger partial charge >= 0.3 is 0 Å². The quantitative estimate of drug-likeness (QED) is 0.451. The van der Waals surface area contributed by atoms with E-state index in [0.29, 0.717) is 22.0 Å². The molecule has 6 heteroatoms. The number of rotatable bonds is 5. The number of benzene rings is 3. The molecule has 0 saturated carbocycles. The predicted octanol–water partition coefficient (Wildman–Crippen LogP) is 5.68.